The van der Waals surface area contributed by atoms with E-state index in [1.165, 1.54) is 24.0 Å². The first kappa shape index (κ1) is 16.3. The normalized spacial score (nSPS) is 12.9. The van der Waals surface area contributed by atoms with Gasteiger partial charge in [0.1, 0.15) is 5.82 Å². The van der Waals surface area contributed by atoms with E-state index < -0.39 is 0 Å². The van der Waals surface area contributed by atoms with Crippen LogP contribution in [0.4, 0.5) is 23.1 Å². The maximum atomic E-state index is 4.62. The lowest BCUT2D eigenvalue weighted by atomic mass is 10.1. The first-order valence-electron chi connectivity index (χ1n) is 8.86. The van der Waals surface area contributed by atoms with Crippen LogP contribution in [0.15, 0.2) is 53.3 Å². The van der Waals surface area contributed by atoms with Crippen LogP contribution < -0.4 is 10.6 Å². The highest BCUT2D eigenvalue weighted by atomic mass is 79.9. The van der Waals surface area contributed by atoms with E-state index >= 15 is 0 Å². The molecule has 0 radical (unpaired) electrons. The van der Waals surface area contributed by atoms with Crippen LogP contribution in [0.2, 0.25) is 0 Å². The summed E-state index contributed by atoms with van der Waals surface area (Å²) in [6.07, 6.45) is 7.12. The molecule has 1 aliphatic carbocycles. The first-order chi connectivity index (χ1) is 13.2. The van der Waals surface area contributed by atoms with Crippen molar-refractivity contribution in [1.82, 2.24) is 20.2 Å². The van der Waals surface area contributed by atoms with Gasteiger partial charge in [-0.2, -0.15) is 10.1 Å². The molecule has 2 heterocycles. The van der Waals surface area contributed by atoms with Crippen LogP contribution >= 0.6 is 15.9 Å². The molecular weight excluding hydrogens is 404 g/mol. The summed E-state index contributed by atoms with van der Waals surface area (Å²) in [5.74, 6) is 1.26. The Morgan fingerprint density at radius 3 is 2.74 bits per heavy atom. The smallest absolute Gasteiger partial charge is 0.229 e. The summed E-state index contributed by atoms with van der Waals surface area (Å²) in [6.45, 7) is 0. The second kappa shape index (κ2) is 6.66. The summed E-state index contributed by atoms with van der Waals surface area (Å²) >= 11 is 3.54. The quantitative estimate of drug-likeness (QED) is 0.428. The number of hydrogen-bond donors (Lipinski definition) is 3. The van der Waals surface area contributed by atoms with E-state index in [2.05, 4.69) is 64.9 Å². The van der Waals surface area contributed by atoms with Crippen LogP contribution in [0.3, 0.4) is 0 Å². The van der Waals surface area contributed by atoms with Gasteiger partial charge < -0.3 is 10.6 Å². The predicted molar refractivity (Wildman–Crippen MR) is 111 cm³/mol. The number of nitrogens with zero attached hydrogens (tertiary/aromatic N) is 3. The lowest BCUT2D eigenvalue weighted by Gasteiger charge is -2.11. The van der Waals surface area contributed by atoms with Crippen molar-refractivity contribution < 1.29 is 0 Å². The van der Waals surface area contributed by atoms with Crippen molar-refractivity contribution in [2.45, 2.75) is 19.3 Å². The molecule has 4 aromatic rings. The molecule has 0 aliphatic heterocycles. The summed E-state index contributed by atoms with van der Waals surface area (Å²) in [6, 6.07) is 12.5. The average molecular weight is 421 g/mol. The average Bonchev–Trinajstić information content (AvgIpc) is 3.32. The number of aryl methyl sites for hydroxylation is 2. The molecule has 2 aromatic carbocycles. The molecular formula is C20H17BrN6. The van der Waals surface area contributed by atoms with Gasteiger partial charge in [0.2, 0.25) is 5.95 Å². The number of anilines is 4. The summed E-state index contributed by atoms with van der Waals surface area (Å²) < 4.78 is 0.818. The zero-order valence-corrected chi connectivity index (χ0v) is 16.0. The minimum atomic E-state index is 0.532. The highest BCUT2D eigenvalue weighted by Gasteiger charge is 2.12. The summed E-state index contributed by atoms with van der Waals surface area (Å²) in [7, 11) is 0. The Morgan fingerprint density at radius 1 is 0.926 bits per heavy atom. The van der Waals surface area contributed by atoms with E-state index in [-0.39, 0.29) is 0 Å². The molecule has 0 saturated carbocycles. The second-order valence-electron chi connectivity index (χ2n) is 6.65. The Kier molecular flexibility index (Phi) is 4.01. The lowest BCUT2D eigenvalue weighted by molar-refractivity contribution is 0.912. The van der Waals surface area contributed by atoms with Gasteiger partial charge in [0.15, 0.2) is 0 Å². The number of nitrogens with one attached hydrogen (secondary N) is 3. The summed E-state index contributed by atoms with van der Waals surface area (Å²) in [5.41, 5.74) is 5.84. The Bertz CT molecular complexity index is 1140. The van der Waals surface area contributed by atoms with Crippen LogP contribution in [0.25, 0.3) is 10.9 Å². The Hall–Kier alpha value is -2.93. The molecule has 0 bridgehead atoms. The van der Waals surface area contributed by atoms with E-state index in [0.29, 0.717) is 5.95 Å². The minimum Gasteiger partial charge on any atom is -0.339 e. The number of rotatable bonds is 4. The maximum absolute atomic E-state index is 4.62. The van der Waals surface area contributed by atoms with Gasteiger partial charge in [-0.3, -0.25) is 5.10 Å². The van der Waals surface area contributed by atoms with Gasteiger partial charge in [0, 0.05) is 23.0 Å². The van der Waals surface area contributed by atoms with Gasteiger partial charge in [-0.1, -0.05) is 6.07 Å². The SMILES string of the molecule is Brc1cnc(Nc2ccc3[nH]ncc3c2)nc1Nc1ccc2c(c1)CCC2. The number of halogens is 1. The second-order valence-corrected chi connectivity index (χ2v) is 7.50. The molecule has 3 N–H and O–H groups in total. The lowest BCUT2D eigenvalue weighted by Crippen LogP contribution is -2.02. The van der Waals surface area contributed by atoms with E-state index in [0.717, 1.165) is 39.0 Å². The van der Waals surface area contributed by atoms with Crippen LogP contribution in [0.1, 0.15) is 17.5 Å². The van der Waals surface area contributed by atoms with Crippen LogP contribution in [0.5, 0.6) is 0 Å². The molecule has 27 heavy (non-hydrogen) atoms. The Morgan fingerprint density at radius 2 is 1.78 bits per heavy atom. The zero-order valence-electron chi connectivity index (χ0n) is 14.5. The van der Waals surface area contributed by atoms with Crippen molar-refractivity contribution in [2.24, 2.45) is 0 Å². The predicted octanol–water partition coefficient (Wildman–Crippen LogP) is 5.09. The van der Waals surface area contributed by atoms with Gasteiger partial charge in [-0.15, -0.1) is 0 Å². The van der Waals surface area contributed by atoms with E-state index in [1.807, 2.05) is 18.2 Å². The Balaban J connectivity index is 1.40. The van der Waals surface area contributed by atoms with Gasteiger partial charge in [-0.25, -0.2) is 4.98 Å². The van der Waals surface area contributed by atoms with Gasteiger partial charge in [0.25, 0.3) is 0 Å². The number of aromatic nitrogens is 4. The molecule has 0 unspecified atom stereocenters. The molecule has 134 valence electrons. The molecule has 7 heteroatoms. The monoisotopic (exact) mass is 420 g/mol. The Labute approximate surface area is 164 Å². The number of benzene rings is 2. The first-order valence-corrected chi connectivity index (χ1v) is 9.65. The van der Waals surface area contributed by atoms with Gasteiger partial charge in [0.05, 0.1) is 16.2 Å². The third kappa shape index (κ3) is 3.26. The third-order valence-corrected chi connectivity index (χ3v) is 5.38. The molecule has 2 aromatic heterocycles. The number of aromatic amines is 1. The van der Waals surface area contributed by atoms with Crippen LogP contribution in [-0.2, 0) is 12.8 Å². The zero-order chi connectivity index (χ0) is 18.2. The fourth-order valence-corrected chi connectivity index (χ4v) is 3.74. The van der Waals surface area contributed by atoms with Crippen molar-refractivity contribution in [3.8, 4) is 0 Å². The van der Waals surface area contributed by atoms with Crippen LogP contribution in [-0.4, -0.2) is 20.2 Å². The van der Waals surface area contributed by atoms with Crippen molar-refractivity contribution in [2.75, 3.05) is 10.6 Å². The third-order valence-electron chi connectivity index (χ3n) is 4.80. The molecule has 0 saturated heterocycles. The fourth-order valence-electron chi connectivity index (χ4n) is 3.45. The van der Waals surface area contributed by atoms with E-state index in [1.54, 1.807) is 12.4 Å². The summed E-state index contributed by atoms with van der Waals surface area (Å²) in [4.78, 5) is 8.99. The highest BCUT2D eigenvalue weighted by molar-refractivity contribution is 9.10. The van der Waals surface area contributed by atoms with Crippen molar-refractivity contribution >= 4 is 50.0 Å². The van der Waals surface area contributed by atoms with Crippen LogP contribution in [0, 0.1) is 0 Å². The molecule has 0 fully saturated rings. The number of H-pyrrole nitrogens is 1. The van der Waals surface area contributed by atoms with Crippen molar-refractivity contribution in [3.05, 3.63) is 64.4 Å². The molecule has 0 amide bonds. The van der Waals surface area contributed by atoms with E-state index in [9.17, 15) is 0 Å². The molecule has 0 spiro atoms. The molecule has 1 aliphatic rings. The molecule has 5 rings (SSSR count). The van der Waals surface area contributed by atoms with Gasteiger partial charge in [-0.05, 0) is 76.7 Å². The number of hydrogen-bond acceptors (Lipinski definition) is 5. The van der Waals surface area contributed by atoms with Crippen molar-refractivity contribution in [3.63, 3.8) is 0 Å². The maximum Gasteiger partial charge on any atom is 0.229 e. The molecule has 6 nitrogen and oxygen atoms in total. The molecule has 0 atom stereocenters. The van der Waals surface area contributed by atoms with E-state index in [4.69, 9.17) is 0 Å². The summed E-state index contributed by atoms with van der Waals surface area (Å²) in [5, 5.41) is 14.7. The fraction of sp³-hybridized carbons (Fsp3) is 0.150. The topological polar surface area (TPSA) is 78.5 Å². The highest BCUT2D eigenvalue weighted by Crippen LogP contribution is 2.29. The minimum absolute atomic E-state index is 0.532. The van der Waals surface area contributed by atoms with Gasteiger partial charge >= 0.3 is 0 Å². The van der Waals surface area contributed by atoms with Crippen molar-refractivity contribution in [1.29, 1.82) is 0 Å². The standard InChI is InChI=1S/C20H17BrN6/c21-17-11-22-20(25-16-6-7-18-14(9-16)10-23-27-18)26-19(17)24-15-5-4-12-2-1-3-13(12)8-15/h4-11H,1-3H2,(H,23,27)(H2,22,24,25,26). The largest absolute Gasteiger partial charge is 0.339 e. The number of fused-ring (bicyclic) bond motifs is 2.